The third-order valence-corrected chi connectivity index (χ3v) is 5.05. The number of fused-ring (bicyclic) bond motifs is 1. The maximum atomic E-state index is 13.3. The molecule has 4 aromatic rings. The Kier molecular flexibility index (Phi) is 5.52. The minimum absolute atomic E-state index is 0.0326. The molecule has 0 spiro atoms. The number of alkyl halides is 2. The van der Waals surface area contributed by atoms with E-state index in [4.69, 9.17) is 4.74 Å². The molecule has 0 saturated heterocycles. The van der Waals surface area contributed by atoms with Gasteiger partial charge in [0.2, 0.25) is 0 Å². The molecule has 10 heteroatoms. The zero-order chi connectivity index (χ0) is 23.9. The van der Waals surface area contributed by atoms with Crippen LogP contribution in [0.25, 0.3) is 11.2 Å². The number of hydrogen-bond donors (Lipinski definition) is 0. The summed E-state index contributed by atoms with van der Waals surface area (Å²) in [4.78, 5) is 29.8. The Morgan fingerprint density at radius 3 is 2.39 bits per heavy atom. The van der Waals surface area contributed by atoms with Crippen LogP contribution in [0, 0.1) is 6.92 Å². The average molecular weight is 456 g/mol. The van der Waals surface area contributed by atoms with Gasteiger partial charge in [-0.2, -0.15) is 13.8 Å². The molecular formula is C23H22F2N4O4. The molecule has 0 amide bonds. The van der Waals surface area contributed by atoms with Crippen molar-refractivity contribution in [2.24, 2.45) is 14.1 Å². The fourth-order valence-corrected chi connectivity index (χ4v) is 3.56. The van der Waals surface area contributed by atoms with Crippen molar-refractivity contribution in [2.45, 2.75) is 26.5 Å². The fraction of sp³-hybridized carbons (Fsp3) is 0.261. The van der Waals surface area contributed by atoms with Gasteiger partial charge in [0, 0.05) is 27.1 Å². The Morgan fingerprint density at radius 2 is 1.70 bits per heavy atom. The lowest BCUT2D eigenvalue weighted by atomic mass is 10.1. The van der Waals surface area contributed by atoms with E-state index in [-0.39, 0.29) is 35.2 Å². The van der Waals surface area contributed by atoms with Crippen molar-refractivity contribution in [3.8, 4) is 17.5 Å². The summed E-state index contributed by atoms with van der Waals surface area (Å²) >= 11 is 0. The summed E-state index contributed by atoms with van der Waals surface area (Å²) in [5, 5.41) is 0. The van der Waals surface area contributed by atoms with Crippen LogP contribution in [0.4, 0.5) is 8.78 Å². The summed E-state index contributed by atoms with van der Waals surface area (Å²) in [6.45, 7) is 2.83. The van der Waals surface area contributed by atoms with E-state index in [1.54, 1.807) is 10.6 Å². The molecule has 2 heterocycles. The van der Waals surface area contributed by atoms with Gasteiger partial charge in [-0.15, -0.1) is 0 Å². The Bertz CT molecular complexity index is 1460. The Labute approximate surface area is 187 Å². The molecule has 0 saturated carbocycles. The summed E-state index contributed by atoms with van der Waals surface area (Å²) in [5.41, 5.74) is 1.20. The van der Waals surface area contributed by atoms with Gasteiger partial charge >= 0.3 is 17.8 Å². The van der Waals surface area contributed by atoms with Crippen molar-refractivity contribution in [2.75, 3.05) is 0 Å². The van der Waals surface area contributed by atoms with Gasteiger partial charge in [-0.05, 0) is 24.6 Å². The van der Waals surface area contributed by atoms with Crippen LogP contribution in [0.1, 0.15) is 18.1 Å². The van der Waals surface area contributed by atoms with Crippen LogP contribution in [0.5, 0.6) is 17.5 Å². The minimum Gasteiger partial charge on any atom is -0.433 e. The molecule has 0 aliphatic rings. The van der Waals surface area contributed by atoms with Gasteiger partial charge in [0.25, 0.3) is 5.56 Å². The van der Waals surface area contributed by atoms with Crippen molar-refractivity contribution in [1.82, 2.24) is 18.7 Å². The first-order chi connectivity index (χ1) is 15.5. The number of halogens is 2. The molecule has 0 aliphatic heterocycles. The van der Waals surface area contributed by atoms with E-state index in [1.807, 2.05) is 31.2 Å². The summed E-state index contributed by atoms with van der Waals surface area (Å²) in [6, 6.07) is 13.4. The van der Waals surface area contributed by atoms with Crippen LogP contribution in [0.15, 0.2) is 58.1 Å². The van der Waals surface area contributed by atoms with Gasteiger partial charge in [-0.3, -0.25) is 18.5 Å². The number of imidazole rings is 1. The quantitative estimate of drug-likeness (QED) is 0.443. The summed E-state index contributed by atoms with van der Waals surface area (Å²) in [6.07, 6.45) is -3.36. The molecule has 0 atom stereocenters. The second-order valence-electron chi connectivity index (χ2n) is 7.83. The highest BCUT2D eigenvalue weighted by Gasteiger charge is 2.24. The first kappa shape index (κ1) is 22.3. The van der Waals surface area contributed by atoms with Gasteiger partial charge in [0.1, 0.15) is 11.5 Å². The van der Waals surface area contributed by atoms with Crippen LogP contribution < -0.4 is 20.7 Å². The third-order valence-electron chi connectivity index (χ3n) is 5.05. The van der Waals surface area contributed by atoms with Gasteiger partial charge in [-0.25, -0.2) is 4.79 Å². The summed E-state index contributed by atoms with van der Waals surface area (Å²) in [7, 11) is 2.90. The van der Waals surface area contributed by atoms with E-state index in [0.29, 0.717) is 6.92 Å². The monoisotopic (exact) mass is 456 g/mol. The standard InChI is InChI=1S/C23H22F2N4O4/c1-14-7-5-8-15(11-14)13-29-18-19(27(3)22(31)28(4)20(18)30)26-21(29)32-16-9-6-10-17(12-16)33-23(2,24)25/h5-12H,13H2,1-4H3. The van der Waals surface area contributed by atoms with Crippen LogP contribution >= 0.6 is 0 Å². The number of ether oxygens (including phenoxy) is 2. The molecular weight excluding hydrogens is 434 g/mol. The molecule has 0 fully saturated rings. The van der Waals surface area contributed by atoms with E-state index in [9.17, 15) is 18.4 Å². The SMILES string of the molecule is Cc1cccc(Cn2c(Oc3cccc(OC(C)(F)F)c3)nc3c2c(=O)n(C)c(=O)n3C)c1. The topological polar surface area (TPSA) is 80.3 Å². The zero-order valence-corrected chi connectivity index (χ0v) is 18.5. The highest BCUT2D eigenvalue weighted by molar-refractivity contribution is 5.72. The van der Waals surface area contributed by atoms with Crippen LogP contribution in [-0.4, -0.2) is 24.8 Å². The smallest absolute Gasteiger partial charge is 0.394 e. The number of hydrogen-bond acceptors (Lipinski definition) is 5. The maximum Gasteiger partial charge on any atom is 0.394 e. The largest absolute Gasteiger partial charge is 0.433 e. The Balaban J connectivity index is 1.86. The maximum absolute atomic E-state index is 13.3. The van der Waals surface area contributed by atoms with Gasteiger partial charge in [0.15, 0.2) is 11.2 Å². The second kappa shape index (κ2) is 8.19. The minimum atomic E-state index is -3.36. The molecule has 0 radical (unpaired) electrons. The van der Waals surface area contributed by atoms with Gasteiger partial charge < -0.3 is 9.47 Å². The summed E-state index contributed by atoms with van der Waals surface area (Å²) < 4.78 is 40.9. The first-order valence-electron chi connectivity index (χ1n) is 10.1. The molecule has 33 heavy (non-hydrogen) atoms. The molecule has 0 unspecified atom stereocenters. The van der Waals surface area contributed by atoms with E-state index in [2.05, 4.69) is 9.72 Å². The second-order valence-corrected chi connectivity index (χ2v) is 7.83. The number of rotatable bonds is 6. The predicted octanol–water partition coefficient (Wildman–Crippen LogP) is 3.57. The van der Waals surface area contributed by atoms with Crippen molar-refractivity contribution in [1.29, 1.82) is 0 Å². The van der Waals surface area contributed by atoms with E-state index >= 15 is 0 Å². The van der Waals surface area contributed by atoms with Crippen molar-refractivity contribution < 1.29 is 18.3 Å². The third kappa shape index (κ3) is 4.50. The summed E-state index contributed by atoms with van der Waals surface area (Å²) in [5.74, 6) is 0.0871. The van der Waals surface area contributed by atoms with E-state index < -0.39 is 17.4 Å². The highest BCUT2D eigenvalue weighted by atomic mass is 19.3. The highest BCUT2D eigenvalue weighted by Crippen LogP contribution is 2.29. The molecule has 0 aliphatic carbocycles. The molecule has 8 nitrogen and oxygen atoms in total. The molecule has 2 aromatic carbocycles. The lowest BCUT2D eigenvalue weighted by Gasteiger charge is -2.14. The Hall–Kier alpha value is -3.95. The van der Waals surface area contributed by atoms with E-state index in [1.165, 1.54) is 36.9 Å². The van der Waals surface area contributed by atoms with Crippen molar-refractivity contribution >= 4 is 11.2 Å². The van der Waals surface area contributed by atoms with Gasteiger partial charge in [0.05, 0.1) is 6.54 Å². The first-order valence-corrected chi connectivity index (χ1v) is 10.1. The Morgan fingerprint density at radius 1 is 1.00 bits per heavy atom. The number of nitrogens with zero attached hydrogens (tertiary/aromatic N) is 4. The molecule has 0 bridgehead atoms. The van der Waals surface area contributed by atoms with E-state index in [0.717, 1.165) is 15.7 Å². The van der Waals surface area contributed by atoms with Gasteiger partial charge in [-0.1, -0.05) is 35.9 Å². The molecule has 172 valence electrons. The van der Waals surface area contributed by atoms with Crippen LogP contribution in [0.2, 0.25) is 0 Å². The normalized spacial score (nSPS) is 11.7. The molecule has 4 rings (SSSR count). The number of benzene rings is 2. The number of aromatic nitrogens is 4. The zero-order valence-electron chi connectivity index (χ0n) is 18.5. The molecule has 2 aromatic heterocycles. The number of aryl methyl sites for hydroxylation is 2. The van der Waals surface area contributed by atoms with Crippen LogP contribution in [-0.2, 0) is 20.6 Å². The predicted molar refractivity (Wildman–Crippen MR) is 118 cm³/mol. The lowest BCUT2D eigenvalue weighted by Crippen LogP contribution is -2.37. The van der Waals surface area contributed by atoms with Crippen molar-refractivity contribution in [3.63, 3.8) is 0 Å². The molecule has 0 N–H and O–H groups in total. The average Bonchev–Trinajstić information content (AvgIpc) is 3.08. The van der Waals surface area contributed by atoms with Crippen LogP contribution in [0.3, 0.4) is 0 Å². The fourth-order valence-electron chi connectivity index (χ4n) is 3.56. The van der Waals surface area contributed by atoms with Crippen molar-refractivity contribution in [3.05, 3.63) is 80.5 Å². The lowest BCUT2D eigenvalue weighted by molar-refractivity contribution is -0.158.